The van der Waals surface area contributed by atoms with E-state index >= 15 is 0 Å². The molecule has 21 heavy (non-hydrogen) atoms. The Kier molecular flexibility index (Phi) is 4.11. The lowest BCUT2D eigenvalue weighted by Gasteiger charge is -2.13. The molecule has 0 atom stereocenters. The number of nitrogens with zero attached hydrogens (tertiary/aromatic N) is 1. The minimum absolute atomic E-state index is 0.00295. The van der Waals surface area contributed by atoms with Crippen LogP contribution in [0.4, 0.5) is 13.2 Å². The Morgan fingerprint density at radius 3 is 2.57 bits per heavy atom. The molecule has 0 saturated carbocycles. The number of carbonyl (C=O) groups is 1. The number of aromatic nitrogens is 1. The minimum atomic E-state index is -4.80. The van der Waals surface area contributed by atoms with Crippen LogP contribution in [0.2, 0.25) is 0 Å². The number of ether oxygens (including phenoxy) is 2. The van der Waals surface area contributed by atoms with Crippen LogP contribution in [0.15, 0.2) is 42.6 Å². The average molecular weight is 297 g/mol. The highest BCUT2D eigenvalue weighted by Crippen LogP contribution is 2.33. The minimum Gasteiger partial charge on any atom is -0.464 e. The first-order chi connectivity index (χ1) is 9.90. The number of pyridine rings is 1. The van der Waals surface area contributed by atoms with E-state index in [9.17, 15) is 18.0 Å². The Bertz CT molecular complexity index is 656. The van der Waals surface area contributed by atoms with Crippen LogP contribution in [0.3, 0.4) is 0 Å². The number of para-hydroxylation sites is 1. The summed E-state index contributed by atoms with van der Waals surface area (Å²) >= 11 is 0. The third-order valence-electron chi connectivity index (χ3n) is 2.58. The van der Waals surface area contributed by atoms with Crippen molar-refractivity contribution in [1.82, 2.24) is 4.98 Å². The summed E-state index contributed by atoms with van der Waals surface area (Å²) in [5.74, 6) is -1.03. The average Bonchev–Trinajstić information content (AvgIpc) is 2.45. The summed E-state index contributed by atoms with van der Waals surface area (Å²) in [5.41, 5.74) is 0.560. The zero-order valence-corrected chi connectivity index (χ0v) is 10.8. The first kappa shape index (κ1) is 14.8. The maximum Gasteiger partial charge on any atom is 0.573 e. The molecule has 0 N–H and O–H groups in total. The van der Waals surface area contributed by atoms with Gasteiger partial charge in [-0.15, -0.1) is 13.2 Å². The lowest BCUT2D eigenvalue weighted by atomic mass is 10.1. The van der Waals surface area contributed by atoms with Crippen molar-refractivity contribution in [2.75, 3.05) is 7.11 Å². The molecule has 0 radical (unpaired) electrons. The van der Waals surface area contributed by atoms with Gasteiger partial charge in [-0.2, -0.15) is 0 Å². The predicted molar refractivity (Wildman–Crippen MR) is 67.7 cm³/mol. The van der Waals surface area contributed by atoms with E-state index in [4.69, 9.17) is 0 Å². The molecular weight excluding hydrogens is 287 g/mol. The van der Waals surface area contributed by atoms with Crippen molar-refractivity contribution in [2.45, 2.75) is 6.36 Å². The van der Waals surface area contributed by atoms with E-state index in [1.54, 1.807) is 6.07 Å². The fourth-order valence-electron chi connectivity index (χ4n) is 1.73. The summed E-state index contributed by atoms with van der Waals surface area (Å²) in [4.78, 5) is 15.2. The Morgan fingerprint density at radius 2 is 1.90 bits per heavy atom. The predicted octanol–water partition coefficient (Wildman–Crippen LogP) is 3.43. The number of benzene rings is 1. The molecule has 0 spiro atoms. The molecule has 0 aliphatic heterocycles. The van der Waals surface area contributed by atoms with Gasteiger partial charge in [-0.25, -0.2) is 9.78 Å². The number of esters is 1. The maximum atomic E-state index is 12.4. The molecule has 110 valence electrons. The number of halogens is 3. The van der Waals surface area contributed by atoms with Gasteiger partial charge in [0.2, 0.25) is 0 Å². The van der Waals surface area contributed by atoms with Crippen LogP contribution in [0.5, 0.6) is 5.75 Å². The number of methoxy groups -OCH3 is 1. The summed E-state index contributed by atoms with van der Waals surface area (Å²) < 4.78 is 45.7. The van der Waals surface area contributed by atoms with Crippen LogP contribution < -0.4 is 4.74 Å². The van der Waals surface area contributed by atoms with Crippen molar-refractivity contribution in [1.29, 1.82) is 0 Å². The van der Waals surface area contributed by atoms with Gasteiger partial charge in [0.05, 0.1) is 7.11 Å². The lowest BCUT2D eigenvalue weighted by Crippen LogP contribution is -2.17. The first-order valence-corrected chi connectivity index (χ1v) is 5.80. The molecule has 0 unspecified atom stereocenters. The summed E-state index contributed by atoms with van der Waals surface area (Å²) in [6.45, 7) is 0. The van der Waals surface area contributed by atoms with Crippen LogP contribution in [0.25, 0.3) is 11.1 Å². The molecule has 0 aliphatic rings. The van der Waals surface area contributed by atoms with E-state index in [0.29, 0.717) is 5.56 Å². The quantitative estimate of drug-likeness (QED) is 0.814. The van der Waals surface area contributed by atoms with Gasteiger partial charge in [0.25, 0.3) is 0 Å². The van der Waals surface area contributed by atoms with E-state index in [1.165, 1.54) is 43.6 Å². The molecule has 7 heteroatoms. The second-order valence-electron chi connectivity index (χ2n) is 3.97. The van der Waals surface area contributed by atoms with Gasteiger partial charge in [-0.05, 0) is 23.8 Å². The standard InChI is InChI=1S/C14H10F3NO3/c1-20-13(19)11-8-9(6-7-18-11)10-4-2-3-5-12(10)21-14(15,16)17/h2-8H,1H3. The van der Waals surface area contributed by atoms with Gasteiger partial charge >= 0.3 is 12.3 Å². The molecule has 1 aromatic carbocycles. The highest BCUT2D eigenvalue weighted by molar-refractivity contribution is 5.89. The molecule has 2 aromatic rings. The van der Waals surface area contributed by atoms with E-state index in [2.05, 4.69) is 14.5 Å². The zero-order chi connectivity index (χ0) is 15.5. The third kappa shape index (κ3) is 3.71. The number of hydrogen-bond acceptors (Lipinski definition) is 4. The second kappa shape index (κ2) is 5.82. The number of carbonyl (C=O) groups excluding carboxylic acids is 1. The van der Waals surface area contributed by atoms with Crippen molar-refractivity contribution in [3.8, 4) is 16.9 Å². The third-order valence-corrected chi connectivity index (χ3v) is 2.58. The smallest absolute Gasteiger partial charge is 0.464 e. The van der Waals surface area contributed by atoms with Crippen molar-refractivity contribution < 1.29 is 27.4 Å². The monoisotopic (exact) mass is 297 g/mol. The Morgan fingerprint density at radius 1 is 1.19 bits per heavy atom. The molecule has 1 aromatic heterocycles. The van der Waals surface area contributed by atoms with Gasteiger partial charge < -0.3 is 9.47 Å². The van der Waals surface area contributed by atoms with Gasteiger partial charge in [0, 0.05) is 11.8 Å². The molecule has 4 nitrogen and oxygen atoms in total. The van der Waals surface area contributed by atoms with Crippen LogP contribution in [-0.4, -0.2) is 24.4 Å². The molecule has 0 saturated heterocycles. The molecule has 0 bridgehead atoms. The second-order valence-corrected chi connectivity index (χ2v) is 3.97. The van der Waals surface area contributed by atoms with E-state index < -0.39 is 12.3 Å². The van der Waals surface area contributed by atoms with Gasteiger partial charge in [0.1, 0.15) is 11.4 Å². The highest BCUT2D eigenvalue weighted by atomic mass is 19.4. The van der Waals surface area contributed by atoms with Crippen molar-refractivity contribution in [3.05, 3.63) is 48.3 Å². The lowest BCUT2D eigenvalue weighted by molar-refractivity contribution is -0.274. The zero-order valence-electron chi connectivity index (χ0n) is 10.8. The van der Waals surface area contributed by atoms with Crippen molar-refractivity contribution in [2.24, 2.45) is 0 Å². The molecule has 2 rings (SSSR count). The fraction of sp³-hybridized carbons (Fsp3) is 0.143. The van der Waals surface area contributed by atoms with Gasteiger partial charge in [0.15, 0.2) is 0 Å². The Hall–Kier alpha value is -2.57. The van der Waals surface area contributed by atoms with Crippen LogP contribution in [-0.2, 0) is 4.74 Å². The topological polar surface area (TPSA) is 48.4 Å². The molecular formula is C14H10F3NO3. The SMILES string of the molecule is COC(=O)c1cc(-c2ccccc2OC(F)(F)F)ccn1. The number of hydrogen-bond donors (Lipinski definition) is 0. The van der Waals surface area contributed by atoms with E-state index in [-0.39, 0.29) is 17.0 Å². The largest absolute Gasteiger partial charge is 0.573 e. The number of alkyl halides is 3. The van der Waals surface area contributed by atoms with Crippen LogP contribution in [0.1, 0.15) is 10.5 Å². The highest BCUT2D eigenvalue weighted by Gasteiger charge is 2.32. The van der Waals surface area contributed by atoms with Crippen LogP contribution >= 0.6 is 0 Å². The van der Waals surface area contributed by atoms with Crippen molar-refractivity contribution in [3.63, 3.8) is 0 Å². The summed E-state index contributed by atoms with van der Waals surface area (Å²) in [5, 5.41) is 0. The summed E-state index contributed by atoms with van der Waals surface area (Å²) in [6, 6.07) is 8.46. The van der Waals surface area contributed by atoms with Crippen molar-refractivity contribution >= 4 is 5.97 Å². The number of rotatable bonds is 3. The first-order valence-electron chi connectivity index (χ1n) is 5.80. The molecule has 0 fully saturated rings. The molecule has 0 aliphatic carbocycles. The van der Waals surface area contributed by atoms with E-state index in [0.717, 1.165) is 0 Å². The Labute approximate surface area is 118 Å². The Balaban J connectivity index is 2.45. The normalized spacial score (nSPS) is 11.0. The van der Waals surface area contributed by atoms with Crippen LogP contribution in [0, 0.1) is 0 Å². The maximum absolute atomic E-state index is 12.4. The molecule has 0 amide bonds. The fourth-order valence-corrected chi connectivity index (χ4v) is 1.73. The summed E-state index contributed by atoms with van der Waals surface area (Å²) in [7, 11) is 1.19. The van der Waals surface area contributed by atoms with Gasteiger partial charge in [-0.3, -0.25) is 0 Å². The summed E-state index contributed by atoms with van der Waals surface area (Å²) in [6.07, 6.45) is -3.49. The van der Waals surface area contributed by atoms with Gasteiger partial charge in [-0.1, -0.05) is 18.2 Å². The molecule has 1 heterocycles. The van der Waals surface area contributed by atoms with E-state index in [1.807, 2.05) is 0 Å².